The van der Waals surface area contributed by atoms with Gasteiger partial charge in [0, 0.05) is 19.2 Å². The molecule has 0 unspecified atom stereocenters. The van der Waals surface area contributed by atoms with Crippen LogP contribution in [0.25, 0.3) is 0 Å². The maximum Gasteiger partial charge on any atom is 0.244 e. The van der Waals surface area contributed by atoms with Crippen molar-refractivity contribution in [1.82, 2.24) is 4.90 Å². The van der Waals surface area contributed by atoms with E-state index in [2.05, 4.69) is 19.2 Å². The molecule has 0 aromatic heterocycles. The molecular formula is C20H23FN2O2. The van der Waals surface area contributed by atoms with E-state index in [4.69, 9.17) is 0 Å². The second kappa shape index (κ2) is 8.42. The van der Waals surface area contributed by atoms with Gasteiger partial charge in [-0.05, 0) is 35.2 Å². The fourth-order valence-corrected chi connectivity index (χ4v) is 2.57. The maximum atomic E-state index is 13.0. The Morgan fingerprint density at radius 1 is 1.08 bits per heavy atom. The molecule has 25 heavy (non-hydrogen) atoms. The Balaban J connectivity index is 2.05. The number of carbonyl (C=O) groups excluding carboxylic acids is 2. The Bertz CT molecular complexity index is 742. The van der Waals surface area contributed by atoms with Crippen molar-refractivity contribution in [3.8, 4) is 0 Å². The lowest BCUT2D eigenvalue weighted by atomic mass is 10.0. The first kappa shape index (κ1) is 18.6. The van der Waals surface area contributed by atoms with Gasteiger partial charge in [-0.1, -0.05) is 44.2 Å². The van der Waals surface area contributed by atoms with E-state index in [1.165, 1.54) is 24.0 Å². The van der Waals surface area contributed by atoms with Crippen LogP contribution in [0.5, 0.6) is 0 Å². The quantitative estimate of drug-likeness (QED) is 0.864. The summed E-state index contributed by atoms with van der Waals surface area (Å²) in [7, 11) is 0. The molecule has 0 saturated carbocycles. The van der Waals surface area contributed by atoms with Crippen LogP contribution in [0.3, 0.4) is 0 Å². The van der Waals surface area contributed by atoms with Gasteiger partial charge in [-0.25, -0.2) is 4.39 Å². The van der Waals surface area contributed by atoms with Gasteiger partial charge in [0.1, 0.15) is 12.4 Å². The van der Waals surface area contributed by atoms with Crippen LogP contribution < -0.4 is 5.32 Å². The zero-order valence-electron chi connectivity index (χ0n) is 14.8. The minimum Gasteiger partial charge on any atom is -0.329 e. The number of hydrogen-bond acceptors (Lipinski definition) is 2. The summed E-state index contributed by atoms with van der Waals surface area (Å²) in [5.74, 6) is -0.525. The Kier molecular flexibility index (Phi) is 6.28. The zero-order chi connectivity index (χ0) is 18.4. The molecule has 0 radical (unpaired) electrons. The molecule has 2 aromatic carbocycles. The van der Waals surface area contributed by atoms with Crippen LogP contribution in [0.1, 0.15) is 37.8 Å². The Morgan fingerprint density at radius 3 is 2.32 bits per heavy atom. The number of nitrogens with zero attached hydrogens (tertiary/aromatic N) is 1. The van der Waals surface area contributed by atoms with Crippen LogP contribution in [-0.4, -0.2) is 23.3 Å². The zero-order valence-corrected chi connectivity index (χ0v) is 14.8. The number of benzene rings is 2. The third-order valence-electron chi connectivity index (χ3n) is 3.92. The van der Waals surface area contributed by atoms with Gasteiger partial charge < -0.3 is 10.2 Å². The van der Waals surface area contributed by atoms with Crippen molar-refractivity contribution in [1.29, 1.82) is 0 Å². The van der Waals surface area contributed by atoms with Gasteiger partial charge in [0.05, 0.1) is 0 Å². The van der Waals surface area contributed by atoms with Crippen molar-refractivity contribution in [3.05, 3.63) is 65.5 Å². The molecule has 2 rings (SSSR count). The van der Waals surface area contributed by atoms with E-state index in [9.17, 15) is 14.0 Å². The Labute approximate surface area is 147 Å². The predicted octanol–water partition coefficient (Wildman–Crippen LogP) is 3.94. The molecule has 0 bridgehead atoms. The summed E-state index contributed by atoms with van der Waals surface area (Å²) in [4.78, 5) is 25.7. The standard InChI is InChI=1S/C20H23FN2O2/c1-14(2)18-6-4-5-7-19(18)22-20(25)13-23(15(3)24)12-16-8-10-17(21)11-9-16/h4-11,14H,12-13H2,1-3H3,(H,22,25). The minimum atomic E-state index is -0.332. The summed E-state index contributed by atoms with van der Waals surface area (Å²) in [6.07, 6.45) is 0. The van der Waals surface area contributed by atoms with Crippen LogP contribution in [0.2, 0.25) is 0 Å². The highest BCUT2D eigenvalue weighted by Gasteiger charge is 2.16. The second-order valence-electron chi connectivity index (χ2n) is 6.29. The van der Waals surface area contributed by atoms with Gasteiger partial charge in [0.25, 0.3) is 0 Å². The van der Waals surface area contributed by atoms with Crippen LogP contribution in [0.4, 0.5) is 10.1 Å². The van der Waals surface area contributed by atoms with Crippen LogP contribution in [0.15, 0.2) is 48.5 Å². The number of amides is 2. The van der Waals surface area contributed by atoms with Crippen molar-refractivity contribution in [2.75, 3.05) is 11.9 Å². The number of nitrogens with one attached hydrogen (secondary N) is 1. The van der Waals surface area contributed by atoms with Crippen LogP contribution in [0, 0.1) is 5.82 Å². The number of para-hydroxylation sites is 1. The van der Waals surface area contributed by atoms with Gasteiger partial charge in [0.15, 0.2) is 0 Å². The highest BCUT2D eigenvalue weighted by molar-refractivity contribution is 5.95. The summed E-state index contributed by atoms with van der Waals surface area (Å²) >= 11 is 0. The van der Waals surface area contributed by atoms with Gasteiger partial charge >= 0.3 is 0 Å². The number of anilines is 1. The first-order valence-electron chi connectivity index (χ1n) is 8.25. The van der Waals surface area contributed by atoms with E-state index < -0.39 is 0 Å². The molecule has 2 amide bonds. The fourth-order valence-electron chi connectivity index (χ4n) is 2.57. The Hall–Kier alpha value is -2.69. The van der Waals surface area contributed by atoms with Gasteiger partial charge in [-0.3, -0.25) is 9.59 Å². The average molecular weight is 342 g/mol. The third-order valence-corrected chi connectivity index (χ3v) is 3.92. The number of halogens is 1. The summed E-state index contributed by atoms with van der Waals surface area (Å²) in [5.41, 5.74) is 2.57. The lowest BCUT2D eigenvalue weighted by Crippen LogP contribution is -2.36. The molecule has 0 fully saturated rings. The van der Waals surface area contributed by atoms with E-state index in [1.807, 2.05) is 24.3 Å². The first-order chi connectivity index (χ1) is 11.9. The van der Waals surface area contributed by atoms with Crippen molar-refractivity contribution < 1.29 is 14.0 Å². The average Bonchev–Trinajstić information content (AvgIpc) is 2.56. The third kappa shape index (κ3) is 5.41. The number of rotatable bonds is 6. The van der Waals surface area contributed by atoms with Crippen molar-refractivity contribution in [3.63, 3.8) is 0 Å². The molecule has 0 spiro atoms. The molecule has 5 heteroatoms. The predicted molar refractivity (Wildman–Crippen MR) is 96.7 cm³/mol. The molecule has 4 nitrogen and oxygen atoms in total. The molecule has 0 saturated heterocycles. The molecule has 0 aliphatic carbocycles. The summed E-state index contributed by atoms with van der Waals surface area (Å²) < 4.78 is 13.0. The summed E-state index contributed by atoms with van der Waals surface area (Å²) in [6, 6.07) is 13.5. The monoisotopic (exact) mass is 342 g/mol. The van der Waals surface area contributed by atoms with E-state index in [-0.39, 0.29) is 36.6 Å². The molecule has 1 N–H and O–H groups in total. The first-order valence-corrected chi connectivity index (χ1v) is 8.25. The fraction of sp³-hybridized carbons (Fsp3) is 0.300. The smallest absolute Gasteiger partial charge is 0.244 e. The minimum absolute atomic E-state index is 0.0564. The van der Waals surface area contributed by atoms with Gasteiger partial charge in [0.2, 0.25) is 11.8 Å². The van der Waals surface area contributed by atoms with E-state index in [1.54, 1.807) is 12.1 Å². The highest BCUT2D eigenvalue weighted by Crippen LogP contribution is 2.23. The van der Waals surface area contributed by atoms with Gasteiger partial charge in [-0.2, -0.15) is 0 Å². The van der Waals surface area contributed by atoms with Crippen LogP contribution >= 0.6 is 0 Å². The van der Waals surface area contributed by atoms with Crippen molar-refractivity contribution >= 4 is 17.5 Å². The Morgan fingerprint density at radius 2 is 1.72 bits per heavy atom. The van der Waals surface area contributed by atoms with E-state index in [0.29, 0.717) is 0 Å². The topological polar surface area (TPSA) is 49.4 Å². The largest absolute Gasteiger partial charge is 0.329 e. The molecule has 0 aliphatic rings. The molecule has 0 heterocycles. The van der Waals surface area contributed by atoms with Crippen molar-refractivity contribution in [2.24, 2.45) is 0 Å². The number of carbonyl (C=O) groups is 2. The van der Waals surface area contributed by atoms with E-state index in [0.717, 1.165) is 16.8 Å². The highest BCUT2D eigenvalue weighted by atomic mass is 19.1. The lowest BCUT2D eigenvalue weighted by molar-refractivity contribution is -0.133. The maximum absolute atomic E-state index is 13.0. The normalized spacial score (nSPS) is 10.6. The molecule has 2 aromatic rings. The summed E-state index contributed by atoms with van der Waals surface area (Å²) in [6.45, 7) is 5.73. The molecule has 0 aliphatic heterocycles. The number of hydrogen-bond donors (Lipinski definition) is 1. The van der Waals surface area contributed by atoms with E-state index >= 15 is 0 Å². The lowest BCUT2D eigenvalue weighted by Gasteiger charge is -2.21. The second-order valence-corrected chi connectivity index (χ2v) is 6.29. The molecular weight excluding hydrogens is 319 g/mol. The molecule has 0 atom stereocenters. The SMILES string of the molecule is CC(=O)N(CC(=O)Nc1ccccc1C(C)C)Cc1ccc(F)cc1. The molecule has 132 valence electrons. The summed E-state index contributed by atoms with van der Waals surface area (Å²) in [5, 5.41) is 2.88. The van der Waals surface area contributed by atoms with Crippen LogP contribution in [-0.2, 0) is 16.1 Å². The van der Waals surface area contributed by atoms with Crippen molar-refractivity contribution in [2.45, 2.75) is 33.2 Å². The van der Waals surface area contributed by atoms with Gasteiger partial charge in [-0.15, -0.1) is 0 Å².